The fraction of sp³-hybridized carbons (Fsp3) is 0.185. The number of fused-ring (bicyclic) bond motifs is 1. The number of carbonyl (C=O) groups excluding carboxylic acids is 2. The zero-order valence-corrected chi connectivity index (χ0v) is 19.1. The molecule has 2 amide bonds. The van der Waals surface area contributed by atoms with Gasteiger partial charge in [-0.2, -0.15) is 0 Å². The number of carbonyl (C=O) groups is 2. The molecule has 1 N–H and O–H groups in total. The van der Waals surface area contributed by atoms with Crippen LogP contribution < -0.4 is 24.4 Å². The lowest BCUT2D eigenvalue weighted by atomic mass is 10.0. The highest BCUT2D eigenvalue weighted by Gasteiger charge is 2.41. The zero-order chi connectivity index (χ0) is 23.8. The van der Waals surface area contributed by atoms with Crippen molar-refractivity contribution in [2.75, 3.05) is 24.1 Å². The van der Waals surface area contributed by atoms with Gasteiger partial charge in [0.1, 0.15) is 11.4 Å². The first-order chi connectivity index (χ1) is 16.5. The zero-order valence-electron chi connectivity index (χ0n) is 19.1. The maximum atomic E-state index is 13.7. The summed E-state index contributed by atoms with van der Waals surface area (Å²) < 4.78 is 16.3. The molecule has 7 heteroatoms. The minimum absolute atomic E-state index is 0.144. The van der Waals surface area contributed by atoms with Gasteiger partial charge in [0.25, 0.3) is 11.8 Å². The third-order valence-electron chi connectivity index (χ3n) is 5.92. The summed E-state index contributed by atoms with van der Waals surface area (Å²) in [4.78, 5) is 28.5. The second kappa shape index (κ2) is 8.59. The molecule has 2 aliphatic heterocycles. The third kappa shape index (κ3) is 3.65. The van der Waals surface area contributed by atoms with E-state index < -0.39 is 11.8 Å². The van der Waals surface area contributed by atoms with Crippen LogP contribution in [0, 0.1) is 0 Å². The summed E-state index contributed by atoms with van der Waals surface area (Å²) >= 11 is 0. The molecule has 0 unspecified atom stereocenters. The van der Waals surface area contributed by atoms with Crippen LogP contribution in [0.15, 0.2) is 72.4 Å². The Morgan fingerprint density at radius 1 is 0.912 bits per heavy atom. The maximum Gasteiger partial charge on any atom is 0.282 e. The van der Waals surface area contributed by atoms with E-state index in [1.165, 1.54) is 12.0 Å². The molecule has 0 saturated carbocycles. The molecular formula is C27H24N2O5. The van der Waals surface area contributed by atoms with Crippen molar-refractivity contribution in [3.63, 3.8) is 0 Å². The molecule has 0 fully saturated rings. The minimum atomic E-state index is -0.444. The van der Waals surface area contributed by atoms with Crippen molar-refractivity contribution in [3.8, 4) is 17.2 Å². The largest absolute Gasteiger partial charge is 0.496 e. The van der Waals surface area contributed by atoms with Crippen LogP contribution in [0.3, 0.4) is 0 Å². The Hall–Kier alpha value is -4.26. The number of rotatable bonds is 6. The number of imide groups is 1. The van der Waals surface area contributed by atoms with Crippen LogP contribution in [0.25, 0.3) is 5.57 Å². The number of anilines is 2. The molecule has 3 aromatic rings. The Kier molecular flexibility index (Phi) is 5.45. The Bertz CT molecular complexity index is 1310. The molecule has 0 aliphatic carbocycles. The normalized spacial score (nSPS) is 14.9. The Labute approximate surface area is 197 Å². The van der Waals surface area contributed by atoms with E-state index in [0.29, 0.717) is 40.1 Å². The molecule has 0 bridgehead atoms. The fourth-order valence-electron chi connectivity index (χ4n) is 4.11. The molecule has 5 rings (SSSR count). The van der Waals surface area contributed by atoms with Gasteiger partial charge in [0.2, 0.25) is 6.79 Å². The molecule has 0 spiro atoms. The smallest absolute Gasteiger partial charge is 0.282 e. The number of methoxy groups -OCH3 is 1. The number of nitrogens with one attached hydrogen (secondary N) is 1. The van der Waals surface area contributed by atoms with E-state index in [1.54, 1.807) is 48.5 Å². The van der Waals surface area contributed by atoms with E-state index in [1.807, 2.05) is 18.2 Å². The van der Waals surface area contributed by atoms with Gasteiger partial charge in [-0.3, -0.25) is 9.59 Å². The summed E-state index contributed by atoms with van der Waals surface area (Å²) in [6.07, 6.45) is 0. The van der Waals surface area contributed by atoms with Gasteiger partial charge in [-0.15, -0.1) is 0 Å². The predicted molar refractivity (Wildman–Crippen MR) is 129 cm³/mol. The number of nitrogens with zero attached hydrogens (tertiary/aromatic N) is 1. The number of hydrogen-bond acceptors (Lipinski definition) is 6. The Morgan fingerprint density at radius 2 is 1.65 bits per heavy atom. The standard InChI is InChI=1S/C27H24N2O5/c1-16(2)17-8-11-19(12-9-17)29-26(30)24(20-6-4-5-7-21(20)32-3)25(27(29)31)28-18-10-13-22-23(14-18)34-15-33-22/h4-14,16,28H,15H2,1-3H3. The molecule has 2 aliphatic rings. The molecule has 7 nitrogen and oxygen atoms in total. The highest BCUT2D eigenvalue weighted by atomic mass is 16.7. The van der Waals surface area contributed by atoms with Crippen molar-refractivity contribution in [1.29, 1.82) is 0 Å². The summed E-state index contributed by atoms with van der Waals surface area (Å²) in [6, 6.07) is 19.9. The Morgan fingerprint density at radius 3 is 2.38 bits per heavy atom. The van der Waals surface area contributed by atoms with Gasteiger partial charge in [-0.25, -0.2) is 4.90 Å². The average molecular weight is 456 g/mol. The van der Waals surface area contributed by atoms with E-state index in [9.17, 15) is 9.59 Å². The van der Waals surface area contributed by atoms with Crippen molar-refractivity contribution < 1.29 is 23.8 Å². The summed E-state index contributed by atoms with van der Waals surface area (Å²) in [5.74, 6) is 1.17. The lowest BCUT2D eigenvalue weighted by Crippen LogP contribution is -2.32. The van der Waals surface area contributed by atoms with E-state index in [4.69, 9.17) is 14.2 Å². The average Bonchev–Trinajstić information content (AvgIpc) is 3.41. The number of hydrogen-bond donors (Lipinski definition) is 1. The van der Waals surface area contributed by atoms with Gasteiger partial charge >= 0.3 is 0 Å². The molecule has 172 valence electrons. The number of benzene rings is 3. The van der Waals surface area contributed by atoms with E-state index in [0.717, 1.165) is 5.56 Å². The molecule has 0 atom stereocenters. The second-order valence-corrected chi connectivity index (χ2v) is 8.34. The van der Waals surface area contributed by atoms with E-state index in [-0.39, 0.29) is 18.1 Å². The molecule has 0 radical (unpaired) electrons. The van der Waals surface area contributed by atoms with Gasteiger partial charge in [0, 0.05) is 17.3 Å². The summed E-state index contributed by atoms with van der Waals surface area (Å²) in [5, 5.41) is 3.16. The van der Waals surface area contributed by atoms with E-state index in [2.05, 4.69) is 19.2 Å². The van der Waals surface area contributed by atoms with Gasteiger partial charge in [-0.05, 0) is 41.8 Å². The van der Waals surface area contributed by atoms with Crippen LogP contribution in [-0.2, 0) is 9.59 Å². The van der Waals surface area contributed by atoms with Crippen molar-refractivity contribution in [2.45, 2.75) is 19.8 Å². The van der Waals surface area contributed by atoms with Gasteiger partial charge in [-0.1, -0.05) is 44.2 Å². The van der Waals surface area contributed by atoms with Gasteiger partial charge < -0.3 is 19.5 Å². The first kappa shape index (κ1) is 21.6. The highest BCUT2D eigenvalue weighted by Crippen LogP contribution is 2.39. The number of amides is 2. The SMILES string of the molecule is COc1ccccc1C1=C(Nc2ccc3c(c2)OCO3)C(=O)N(c2ccc(C(C)C)cc2)C1=O. The molecule has 3 aromatic carbocycles. The molecule has 0 saturated heterocycles. The summed E-state index contributed by atoms with van der Waals surface area (Å²) in [5.41, 5.74) is 3.18. The van der Waals surface area contributed by atoms with Crippen molar-refractivity contribution >= 4 is 28.8 Å². The molecule has 2 heterocycles. The van der Waals surface area contributed by atoms with Gasteiger partial charge in [0.05, 0.1) is 18.4 Å². The Balaban J connectivity index is 1.59. The second-order valence-electron chi connectivity index (χ2n) is 8.34. The number of ether oxygens (including phenoxy) is 3. The van der Waals surface area contributed by atoms with Crippen LogP contribution in [0.5, 0.6) is 17.2 Å². The van der Waals surface area contributed by atoms with Crippen molar-refractivity contribution in [1.82, 2.24) is 0 Å². The van der Waals surface area contributed by atoms with Crippen LogP contribution in [-0.4, -0.2) is 25.7 Å². The maximum absolute atomic E-state index is 13.7. The van der Waals surface area contributed by atoms with Crippen molar-refractivity contribution in [3.05, 3.63) is 83.6 Å². The third-order valence-corrected chi connectivity index (χ3v) is 5.92. The summed E-state index contributed by atoms with van der Waals surface area (Å²) in [6.45, 7) is 4.33. The van der Waals surface area contributed by atoms with E-state index >= 15 is 0 Å². The molecule has 0 aromatic heterocycles. The fourth-order valence-corrected chi connectivity index (χ4v) is 4.11. The predicted octanol–water partition coefficient (Wildman–Crippen LogP) is 4.94. The molecule has 34 heavy (non-hydrogen) atoms. The lowest BCUT2D eigenvalue weighted by molar-refractivity contribution is -0.120. The topological polar surface area (TPSA) is 77.1 Å². The van der Waals surface area contributed by atoms with Crippen LogP contribution >= 0.6 is 0 Å². The van der Waals surface area contributed by atoms with Gasteiger partial charge in [0.15, 0.2) is 11.5 Å². The minimum Gasteiger partial charge on any atom is -0.496 e. The van der Waals surface area contributed by atoms with Crippen molar-refractivity contribution in [2.24, 2.45) is 0 Å². The summed E-state index contributed by atoms with van der Waals surface area (Å²) in [7, 11) is 1.54. The highest BCUT2D eigenvalue weighted by molar-refractivity contribution is 6.46. The monoisotopic (exact) mass is 456 g/mol. The lowest BCUT2D eigenvalue weighted by Gasteiger charge is -2.17. The quantitative estimate of drug-likeness (QED) is 0.529. The first-order valence-corrected chi connectivity index (χ1v) is 11.0. The first-order valence-electron chi connectivity index (χ1n) is 11.0. The van der Waals surface area contributed by atoms with Crippen LogP contribution in [0.2, 0.25) is 0 Å². The van der Waals surface area contributed by atoms with Crippen LogP contribution in [0.1, 0.15) is 30.9 Å². The number of para-hydroxylation sites is 1. The molecular weight excluding hydrogens is 432 g/mol. The van der Waals surface area contributed by atoms with Crippen LogP contribution in [0.4, 0.5) is 11.4 Å².